The third kappa shape index (κ3) is 5.47. The number of nitrogens with one attached hydrogen (secondary N) is 2. The second-order valence-corrected chi connectivity index (χ2v) is 4.26. The van der Waals surface area contributed by atoms with Crippen LogP contribution in [0.2, 0.25) is 0 Å². The van der Waals surface area contributed by atoms with Crippen LogP contribution in [-0.2, 0) is 9.59 Å². The lowest BCUT2D eigenvalue weighted by atomic mass is 10.2. The van der Waals surface area contributed by atoms with Crippen molar-refractivity contribution < 1.29 is 23.9 Å². The van der Waals surface area contributed by atoms with Gasteiger partial charge in [-0.15, -0.1) is 0 Å². The Labute approximate surface area is 115 Å². The normalized spacial score (nSPS) is 11.5. The Morgan fingerprint density at radius 3 is 2.65 bits per heavy atom. The van der Waals surface area contributed by atoms with Gasteiger partial charge in [0.2, 0.25) is 5.91 Å². The smallest absolute Gasteiger partial charge is 0.305 e. The lowest BCUT2D eigenvalue weighted by Crippen LogP contribution is -2.41. The van der Waals surface area contributed by atoms with Crippen LogP contribution in [0.15, 0.2) is 24.3 Å². The lowest BCUT2D eigenvalue weighted by Gasteiger charge is -2.12. The van der Waals surface area contributed by atoms with Crippen LogP contribution < -0.4 is 10.6 Å². The molecule has 1 rings (SSSR count). The first kappa shape index (κ1) is 15.6. The molecule has 20 heavy (non-hydrogen) atoms. The second-order valence-electron chi connectivity index (χ2n) is 4.26. The molecule has 0 aromatic heterocycles. The van der Waals surface area contributed by atoms with Gasteiger partial charge < -0.3 is 15.7 Å². The molecular weight excluding hydrogens is 267 g/mol. The molecule has 6 nitrogen and oxygen atoms in total. The average Bonchev–Trinajstić information content (AvgIpc) is 2.34. The van der Waals surface area contributed by atoms with Gasteiger partial charge in [0.1, 0.15) is 5.82 Å². The molecule has 1 aromatic rings. The summed E-state index contributed by atoms with van der Waals surface area (Å²) in [6, 6.07) is 4.53. The van der Waals surface area contributed by atoms with Crippen molar-refractivity contribution in [2.24, 2.45) is 0 Å². The number of benzene rings is 1. The van der Waals surface area contributed by atoms with Crippen LogP contribution in [0.3, 0.4) is 0 Å². The Kier molecular flexibility index (Phi) is 5.64. The largest absolute Gasteiger partial charge is 0.481 e. The number of hydrogen-bond acceptors (Lipinski definition) is 3. The second kappa shape index (κ2) is 7.22. The van der Waals surface area contributed by atoms with Gasteiger partial charge >= 0.3 is 5.97 Å². The molecule has 1 atom stereocenters. The quantitative estimate of drug-likeness (QED) is 0.709. The van der Waals surface area contributed by atoms with E-state index >= 15 is 0 Å². The van der Waals surface area contributed by atoms with Crippen LogP contribution in [0.4, 0.5) is 4.39 Å². The SMILES string of the molecule is CC(CC(=O)O)NC(=O)CNC(=O)c1cccc(F)c1. The zero-order chi connectivity index (χ0) is 15.1. The number of carbonyl (C=O) groups is 3. The van der Waals surface area contributed by atoms with Gasteiger partial charge in [-0.05, 0) is 25.1 Å². The minimum absolute atomic E-state index is 0.108. The molecule has 3 N–H and O–H groups in total. The van der Waals surface area contributed by atoms with Crippen molar-refractivity contribution in [2.75, 3.05) is 6.54 Å². The third-order valence-electron chi connectivity index (χ3n) is 2.38. The number of carboxylic acids is 1. The standard InChI is InChI=1S/C13H15FN2O4/c1-8(5-12(18)19)16-11(17)7-15-13(20)9-3-2-4-10(14)6-9/h2-4,6,8H,5,7H2,1H3,(H,15,20)(H,16,17)(H,18,19). The number of carbonyl (C=O) groups excluding carboxylic acids is 2. The summed E-state index contributed by atoms with van der Waals surface area (Å²) in [5.41, 5.74) is 0.108. The fraction of sp³-hybridized carbons (Fsp3) is 0.308. The maximum absolute atomic E-state index is 12.9. The summed E-state index contributed by atoms with van der Waals surface area (Å²) in [6.45, 7) is 1.24. The molecule has 0 fully saturated rings. The Balaban J connectivity index is 2.41. The predicted octanol–water partition coefficient (Wildman–Crippen LogP) is 0.535. The van der Waals surface area contributed by atoms with Gasteiger partial charge in [-0.1, -0.05) is 6.07 Å². The molecule has 0 bridgehead atoms. The molecule has 0 aliphatic rings. The van der Waals surface area contributed by atoms with Crippen molar-refractivity contribution in [1.82, 2.24) is 10.6 Å². The minimum Gasteiger partial charge on any atom is -0.481 e. The van der Waals surface area contributed by atoms with E-state index in [4.69, 9.17) is 5.11 Å². The highest BCUT2D eigenvalue weighted by Gasteiger charge is 2.12. The fourth-order valence-electron chi connectivity index (χ4n) is 1.53. The molecule has 0 spiro atoms. The van der Waals surface area contributed by atoms with Crippen molar-refractivity contribution in [3.63, 3.8) is 0 Å². The molecule has 7 heteroatoms. The van der Waals surface area contributed by atoms with Gasteiger partial charge in [-0.3, -0.25) is 14.4 Å². The van der Waals surface area contributed by atoms with Gasteiger partial charge in [0.25, 0.3) is 5.91 Å². The molecule has 0 aliphatic carbocycles. The van der Waals surface area contributed by atoms with E-state index in [1.807, 2.05) is 0 Å². The number of halogens is 1. The number of aliphatic carboxylic acids is 1. The van der Waals surface area contributed by atoms with Gasteiger partial charge in [-0.25, -0.2) is 4.39 Å². The monoisotopic (exact) mass is 282 g/mol. The van der Waals surface area contributed by atoms with Crippen LogP contribution in [0.5, 0.6) is 0 Å². The highest BCUT2D eigenvalue weighted by atomic mass is 19.1. The van der Waals surface area contributed by atoms with Crippen LogP contribution in [0.25, 0.3) is 0 Å². The van der Waals surface area contributed by atoms with Crippen LogP contribution >= 0.6 is 0 Å². The van der Waals surface area contributed by atoms with Crippen molar-refractivity contribution in [2.45, 2.75) is 19.4 Å². The first-order chi connectivity index (χ1) is 9.38. The number of amides is 2. The van der Waals surface area contributed by atoms with E-state index < -0.39 is 29.6 Å². The van der Waals surface area contributed by atoms with E-state index in [-0.39, 0.29) is 18.5 Å². The summed E-state index contributed by atoms with van der Waals surface area (Å²) < 4.78 is 12.9. The van der Waals surface area contributed by atoms with Crippen molar-refractivity contribution in [1.29, 1.82) is 0 Å². The van der Waals surface area contributed by atoms with Gasteiger partial charge in [0, 0.05) is 11.6 Å². The molecule has 1 aromatic carbocycles. The molecule has 0 saturated carbocycles. The zero-order valence-electron chi connectivity index (χ0n) is 10.9. The molecule has 0 aliphatic heterocycles. The molecule has 2 amide bonds. The molecule has 0 saturated heterocycles. The molecular formula is C13H15FN2O4. The molecule has 0 radical (unpaired) electrons. The fourth-order valence-corrected chi connectivity index (χ4v) is 1.53. The van der Waals surface area contributed by atoms with Gasteiger partial charge in [0.05, 0.1) is 13.0 Å². The summed E-state index contributed by atoms with van der Waals surface area (Å²) in [7, 11) is 0. The van der Waals surface area contributed by atoms with Gasteiger partial charge in [0.15, 0.2) is 0 Å². The van der Waals surface area contributed by atoms with Crippen molar-refractivity contribution in [3.8, 4) is 0 Å². The van der Waals surface area contributed by atoms with E-state index in [9.17, 15) is 18.8 Å². The highest BCUT2D eigenvalue weighted by Crippen LogP contribution is 2.02. The van der Waals surface area contributed by atoms with Crippen LogP contribution in [0, 0.1) is 5.82 Å². The summed E-state index contributed by atoms with van der Waals surface area (Å²) in [6.07, 6.45) is -0.205. The summed E-state index contributed by atoms with van der Waals surface area (Å²) in [5.74, 6) is -2.66. The Hall–Kier alpha value is -2.44. The maximum Gasteiger partial charge on any atom is 0.305 e. The number of hydrogen-bond donors (Lipinski definition) is 3. The minimum atomic E-state index is -1.03. The summed E-state index contributed by atoms with van der Waals surface area (Å²) in [4.78, 5) is 33.5. The van der Waals surface area contributed by atoms with Gasteiger partial charge in [-0.2, -0.15) is 0 Å². The molecule has 108 valence electrons. The number of carboxylic acid groups (broad SMARTS) is 1. The topological polar surface area (TPSA) is 95.5 Å². The van der Waals surface area contributed by atoms with Crippen molar-refractivity contribution >= 4 is 17.8 Å². The first-order valence-corrected chi connectivity index (χ1v) is 5.93. The zero-order valence-corrected chi connectivity index (χ0v) is 10.9. The van der Waals surface area contributed by atoms with Crippen LogP contribution in [0.1, 0.15) is 23.7 Å². The molecule has 1 unspecified atom stereocenters. The van der Waals surface area contributed by atoms with Crippen LogP contribution in [-0.4, -0.2) is 35.5 Å². The molecule has 0 heterocycles. The predicted molar refractivity (Wildman–Crippen MR) is 68.6 cm³/mol. The van der Waals surface area contributed by atoms with E-state index in [0.717, 1.165) is 6.07 Å². The highest BCUT2D eigenvalue weighted by molar-refractivity contribution is 5.96. The third-order valence-corrected chi connectivity index (χ3v) is 2.38. The Bertz CT molecular complexity index is 519. The Morgan fingerprint density at radius 1 is 1.35 bits per heavy atom. The van der Waals surface area contributed by atoms with E-state index in [1.165, 1.54) is 18.2 Å². The average molecular weight is 282 g/mol. The van der Waals surface area contributed by atoms with E-state index in [1.54, 1.807) is 6.92 Å². The lowest BCUT2D eigenvalue weighted by molar-refractivity contribution is -0.137. The summed E-state index contributed by atoms with van der Waals surface area (Å²) >= 11 is 0. The van der Waals surface area contributed by atoms with E-state index in [2.05, 4.69) is 10.6 Å². The summed E-state index contributed by atoms with van der Waals surface area (Å²) in [5, 5.41) is 13.3. The number of rotatable bonds is 6. The maximum atomic E-state index is 12.9. The van der Waals surface area contributed by atoms with Crippen molar-refractivity contribution in [3.05, 3.63) is 35.6 Å². The Morgan fingerprint density at radius 2 is 2.05 bits per heavy atom. The first-order valence-electron chi connectivity index (χ1n) is 5.93. The van der Waals surface area contributed by atoms with E-state index in [0.29, 0.717) is 0 Å².